The minimum absolute atomic E-state index is 0. The molecule has 7 heteroatoms. The summed E-state index contributed by atoms with van der Waals surface area (Å²) in [4.78, 5) is 0. The number of allylic oxidation sites excluding steroid dienone is 4. The van der Waals surface area contributed by atoms with Crippen LogP contribution in [0, 0.1) is 64.9 Å². The van der Waals surface area contributed by atoms with Crippen molar-refractivity contribution in [3.63, 3.8) is 0 Å². The van der Waals surface area contributed by atoms with E-state index in [-0.39, 0.29) is 225 Å². The average molecular weight is 1030 g/mol. The van der Waals surface area contributed by atoms with Gasteiger partial charge in [0.1, 0.15) is 0 Å². The van der Waals surface area contributed by atoms with E-state index < -0.39 is 0 Å². The summed E-state index contributed by atoms with van der Waals surface area (Å²) in [6.45, 7) is 11.6. The Morgan fingerprint density at radius 2 is 1.67 bits per heavy atom. The van der Waals surface area contributed by atoms with Gasteiger partial charge in [0.15, 0.2) is 0 Å². The Kier molecular flexibility index (Phi) is 80.9. The predicted octanol–water partition coefficient (Wildman–Crippen LogP) is 7.01. The molecule has 2 rings (SSSR count). The van der Waals surface area contributed by atoms with Crippen LogP contribution in [0.15, 0.2) is 18.2 Å². The van der Waals surface area contributed by atoms with Crippen molar-refractivity contribution in [2.75, 3.05) is 0 Å². The van der Waals surface area contributed by atoms with Crippen LogP contribution in [0.2, 0.25) is 0 Å². The van der Waals surface area contributed by atoms with Gasteiger partial charge in [0.05, 0.1) is 0 Å². The molecule has 3 unspecified atom stereocenters. The van der Waals surface area contributed by atoms with Crippen LogP contribution in [0.25, 0.3) is 0 Å². The number of unbranched alkanes of at least 4 members (excludes halogenated alkanes) is 2. The molecule has 0 bridgehead atoms. The standard InChI is InChI=1S/C12H17.C10H17.CH3.W.6Y/c1-3-4-5-6-9-12-10-7-8-11(12)2;1-2-3-4-7-10-8-5-6-9-10;;;;;;;;/h3-5,11-12H,1-2,7-10H2;7-8,10H,1-6,9H2;1H3;;;;;;;/q2*-3;-1;;;;;;2*+3. The molecule has 30 heavy (non-hydrogen) atoms. The molecule has 154 valence electrons. The van der Waals surface area contributed by atoms with Crippen LogP contribution in [0.1, 0.15) is 64.2 Å². The maximum atomic E-state index is 4.13. The van der Waals surface area contributed by atoms with Gasteiger partial charge in [-0.3, -0.25) is 12.0 Å². The van der Waals surface area contributed by atoms with Gasteiger partial charge in [-0.15, -0.1) is 19.3 Å². The molecule has 0 amide bonds. The molecule has 0 aromatic carbocycles. The molecule has 2 saturated carbocycles. The zero-order valence-electron chi connectivity index (χ0n) is 19.2. The summed E-state index contributed by atoms with van der Waals surface area (Å²) >= 11 is 0. The Labute approximate surface area is 356 Å². The van der Waals surface area contributed by atoms with Gasteiger partial charge < -0.3 is 34.1 Å². The smallest absolute Gasteiger partial charge is 0.358 e. The second-order valence-electron chi connectivity index (χ2n) is 6.52. The Balaban J connectivity index is -0.0000000428. The number of hydrogen-bond donors (Lipinski definition) is 0. The van der Waals surface area contributed by atoms with Crippen molar-refractivity contribution in [3.05, 3.63) is 65.3 Å². The second-order valence-corrected chi connectivity index (χ2v) is 6.52. The molecule has 0 spiro atoms. The van der Waals surface area contributed by atoms with Crippen LogP contribution in [0.4, 0.5) is 0 Å². The molecule has 0 N–H and O–H groups in total. The third-order valence-electron chi connectivity index (χ3n) is 4.68. The third-order valence-corrected chi connectivity index (χ3v) is 4.68. The maximum Gasteiger partial charge on any atom is 3.00 e. The quantitative estimate of drug-likeness (QED) is 0.147. The van der Waals surface area contributed by atoms with E-state index >= 15 is 0 Å². The first kappa shape index (κ1) is 56.8. The molecule has 4 radical (unpaired) electrons. The largest absolute Gasteiger partial charge is 3.00 e. The fourth-order valence-electron chi connectivity index (χ4n) is 3.23. The van der Waals surface area contributed by atoms with Gasteiger partial charge in [0.25, 0.3) is 0 Å². The molecular weight excluding hydrogens is 994 g/mol. The summed E-state index contributed by atoms with van der Waals surface area (Å²) in [7, 11) is 0. The Morgan fingerprint density at radius 1 is 1.03 bits per heavy atom. The van der Waals surface area contributed by atoms with Gasteiger partial charge in [0.2, 0.25) is 0 Å². The van der Waals surface area contributed by atoms with Crippen molar-refractivity contribution >= 4 is 0 Å². The Bertz CT molecular complexity index is 321. The van der Waals surface area contributed by atoms with Crippen molar-refractivity contribution in [1.82, 2.24) is 0 Å². The minimum atomic E-state index is 0. The maximum absolute atomic E-state index is 4.13. The topological polar surface area (TPSA) is 0 Å². The molecule has 2 aliphatic rings. The van der Waals surface area contributed by atoms with Crippen molar-refractivity contribution in [2.45, 2.75) is 64.2 Å². The molecule has 2 fully saturated rings. The van der Waals surface area contributed by atoms with Crippen molar-refractivity contribution in [2.24, 2.45) is 17.8 Å². The summed E-state index contributed by atoms with van der Waals surface area (Å²) in [5.74, 6) is 2.28. The summed E-state index contributed by atoms with van der Waals surface area (Å²) in [6.07, 6.45) is 26.7. The molecule has 0 saturated heterocycles. The fraction of sp³-hybridized carbons (Fsp3) is 0.565. The first-order chi connectivity index (χ1) is 10.8. The van der Waals surface area contributed by atoms with Crippen LogP contribution in [0.5, 0.6) is 0 Å². The van der Waals surface area contributed by atoms with E-state index in [2.05, 4.69) is 39.7 Å². The molecule has 0 heterocycles. The first-order valence-corrected chi connectivity index (χ1v) is 9.07. The Hall–Kier alpha value is 6.66. The number of hydrogen-bond acceptors (Lipinski definition) is 0. The molecule has 3 atom stereocenters. The third kappa shape index (κ3) is 32.7. The van der Waals surface area contributed by atoms with Crippen molar-refractivity contribution in [1.29, 1.82) is 0 Å². The zero-order valence-corrected chi connectivity index (χ0v) is 39.1. The van der Waals surface area contributed by atoms with E-state index in [0.29, 0.717) is 5.92 Å². The van der Waals surface area contributed by atoms with E-state index in [1.165, 1.54) is 51.4 Å². The van der Waals surface area contributed by atoms with Gasteiger partial charge >= 0.3 is 65.4 Å². The SMILES string of the molecule is [CH2-]C=CC=[C-]CC1CCCC1[CH2-].[CH2-]CCC[CH-]C1[CH-]CCC1.[CH3-].[W].[Y+3].[Y+3].[Y].[Y].[Y].[Y]. The molecule has 0 nitrogen and oxygen atoms in total. The summed E-state index contributed by atoms with van der Waals surface area (Å²) in [5, 5.41) is 0. The van der Waals surface area contributed by atoms with E-state index in [4.69, 9.17) is 0 Å². The molecular formula is C23H37WY6-. The van der Waals surface area contributed by atoms with Crippen LogP contribution >= 0.6 is 0 Å². The van der Waals surface area contributed by atoms with Gasteiger partial charge in [-0.05, 0) is 0 Å². The van der Waals surface area contributed by atoms with Gasteiger partial charge in [-0.2, -0.15) is 25.2 Å². The first-order valence-electron chi connectivity index (χ1n) is 9.07. The average Bonchev–Trinajstić information content (AvgIpc) is 3.17. The van der Waals surface area contributed by atoms with E-state index in [0.717, 1.165) is 24.7 Å². The van der Waals surface area contributed by atoms with Gasteiger partial charge in [-0.1, -0.05) is 31.6 Å². The van der Waals surface area contributed by atoms with Crippen molar-refractivity contribution < 1.29 is 217 Å². The monoisotopic (exact) mass is 1030 g/mol. The summed E-state index contributed by atoms with van der Waals surface area (Å²) in [5.41, 5.74) is 0. The van der Waals surface area contributed by atoms with Crippen LogP contribution in [0.3, 0.4) is 0 Å². The normalized spacial score (nSPS) is 20.8. The van der Waals surface area contributed by atoms with E-state index in [1.807, 2.05) is 12.2 Å². The minimum Gasteiger partial charge on any atom is -0.358 e. The fourth-order valence-corrected chi connectivity index (χ4v) is 3.23. The van der Waals surface area contributed by atoms with E-state index in [1.54, 1.807) is 6.08 Å². The predicted molar refractivity (Wildman–Crippen MR) is 105 cm³/mol. The number of rotatable bonds is 7. The molecule has 0 aromatic heterocycles. The molecule has 2 aliphatic carbocycles. The van der Waals surface area contributed by atoms with Gasteiger partial charge in [0, 0.05) is 152 Å². The van der Waals surface area contributed by atoms with Crippen molar-refractivity contribution in [3.8, 4) is 0 Å². The van der Waals surface area contributed by atoms with Crippen LogP contribution in [-0.4, -0.2) is 0 Å². The van der Waals surface area contributed by atoms with Crippen LogP contribution in [-0.2, 0) is 217 Å². The zero-order chi connectivity index (χ0) is 16.0. The Morgan fingerprint density at radius 3 is 2.10 bits per heavy atom. The summed E-state index contributed by atoms with van der Waals surface area (Å²) in [6, 6.07) is 0. The van der Waals surface area contributed by atoms with Crippen LogP contribution < -0.4 is 0 Å². The summed E-state index contributed by atoms with van der Waals surface area (Å²) < 4.78 is 0. The second kappa shape index (κ2) is 42.7. The molecule has 0 aromatic rings. The van der Waals surface area contributed by atoms with E-state index in [9.17, 15) is 0 Å². The molecule has 0 aliphatic heterocycles. The van der Waals surface area contributed by atoms with Gasteiger partial charge in [-0.25, -0.2) is 25.2 Å².